The smallest absolute Gasteiger partial charge is 0.251 e. The van der Waals surface area contributed by atoms with E-state index in [1.807, 2.05) is 45.0 Å². The van der Waals surface area contributed by atoms with Crippen LogP contribution in [0.3, 0.4) is 0 Å². The maximum atomic E-state index is 13.1. The predicted molar refractivity (Wildman–Crippen MR) is 144 cm³/mol. The van der Waals surface area contributed by atoms with Crippen LogP contribution in [0.4, 0.5) is 0 Å². The van der Waals surface area contributed by atoms with Crippen LogP contribution < -0.4 is 11.1 Å². The first kappa shape index (κ1) is 28.8. The van der Waals surface area contributed by atoms with E-state index in [4.69, 9.17) is 5.73 Å². The van der Waals surface area contributed by atoms with Gasteiger partial charge in [0.05, 0.1) is 18.6 Å². The Labute approximate surface area is 221 Å². The summed E-state index contributed by atoms with van der Waals surface area (Å²) in [4.78, 5) is 54.5. The summed E-state index contributed by atoms with van der Waals surface area (Å²) >= 11 is 0. The number of Topliss-reactive ketones (excluding diaryl/α,β-unsaturated/α-hetero) is 1. The number of carbonyl (C=O) groups is 4. The quantitative estimate of drug-likeness (QED) is 0.528. The Kier molecular flexibility index (Phi) is 9.16. The molecule has 0 aliphatic carbocycles. The van der Waals surface area contributed by atoms with Gasteiger partial charge in [0.1, 0.15) is 6.04 Å². The van der Waals surface area contributed by atoms with Gasteiger partial charge < -0.3 is 20.9 Å². The molecule has 2 fully saturated rings. The molecule has 3 N–H and O–H groups in total. The fraction of sp³-hybridized carbons (Fsp3) is 0.655. The molecular formula is C29H44N4O4. The summed E-state index contributed by atoms with van der Waals surface area (Å²) in [7, 11) is 0. The third kappa shape index (κ3) is 6.98. The van der Waals surface area contributed by atoms with Crippen molar-refractivity contribution in [3.8, 4) is 0 Å². The number of amides is 3. The maximum Gasteiger partial charge on any atom is 0.251 e. The number of likely N-dealkylation sites (tertiary alicyclic amines) is 2. The van der Waals surface area contributed by atoms with Gasteiger partial charge in [-0.25, -0.2) is 0 Å². The minimum absolute atomic E-state index is 0.0298. The molecule has 2 aliphatic rings. The van der Waals surface area contributed by atoms with Gasteiger partial charge in [-0.2, -0.15) is 0 Å². The lowest BCUT2D eigenvalue weighted by Gasteiger charge is -2.27. The summed E-state index contributed by atoms with van der Waals surface area (Å²) in [5.41, 5.74) is 7.92. The first-order chi connectivity index (χ1) is 17.3. The molecule has 0 saturated carbocycles. The first-order valence-corrected chi connectivity index (χ1v) is 13.6. The lowest BCUT2D eigenvalue weighted by Crippen LogP contribution is -2.48. The number of fused-ring (bicyclic) bond motifs is 1. The van der Waals surface area contributed by atoms with Crippen molar-refractivity contribution >= 4 is 23.5 Å². The number of benzene rings is 1. The molecule has 8 heteroatoms. The molecule has 0 aromatic heterocycles. The SMILES string of the molecule is CC(C)CC(N)C(=O)N1CC(=O)C2C1CCN2C(=O)CC(C)CCNC(=O)c1ccc(C(C)(C)C)cc1. The summed E-state index contributed by atoms with van der Waals surface area (Å²) in [6, 6.07) is 6.19. The summed E-state index contributed by atoms with van der Waals surface area (Å²) < 4.78 is 0. The van der Waals surface area contributed by atoms with E-state index in [2.05, 4.69) is 26.1 Å². The van der Waals surface area contributed by atoms with Crippen LogP contribution in [-0.2, 0) is 19.8 Å². The molecule has 1 aromatic carbocycles. The molecular weight excluding hydrogens is 468 g/mol. The van der Waals surface area contributed by atoms with Crippen LogP contribution in [-0.4, -0.2) is 71.1 Å². The van der Waals surface area contributed by atoms with Crippen molar-refractivity contribution < 1.29 is 19.2 Å². The van der Waals surface area contributed by atoms with E-state index in [1.165, 1.54) is 5.56 Å². The summed E-state index contributed by atoms with van der Waals surface area (Å²) in [5, 5.41) is 2.94. The second kappa shape index (κ2) is 11.8. The fourth-order valence-corrected chi connectivity index (χ4v) is 5.39. The molecule has 204 valence electrons. The highest BCUT2D eigenvalue weighted by Crippen LogP contribution is 2.31. The molecule has 0 bridgehead atoms. The van der Waals surface area contributed by atoms with E-state index in [-0.39, 0.29) is 53.3 Å². The molecule has 4 atom stereocenters. The summed E-state index contributed by atoms with van der Waals surface area (Å²) in [6.07, 6.45) is 2.12. The van der Waals surface area contributed by atoms with E-state index < -0.39 is 12.1 Å². The minimum Gasteiger partial charge on any atom is -0.352 e. The molecule has 8 nitrogen and oxygen atoms in total. The zero-order chi connectivity index (χ0) is 27.5. The minimum atomic E-state index is -0.622. The van der Waals surface area contributed by atoms with Gasteiger partial charge in [-0.1, -0.05) is 53.7 Å². The Bertz CT molecular complexity index is 998. The Hall–Kier alpha value is -2.74. The van der Waals surface area contributed by atoms with Gasteiger partial charge in [0.25, 0.3) is 5.91 Å². The lowest BCUT2D eigenvalue weighted by molar-refractivity contribution is -0.137. The van der Waals surface area contributed by atoms with E-state index in [0.29, 0.717) is 44.3 Å². The van der Waals surface area contributed by atoms with E-state index >= 15 is 0 Å². The first-order valence-electron chi connectivity index (χ1n) is 13.6. The van der Waals surface area contributed by atoms with E-state index in [9.17, 15) is 19.2 Å². The van der Waals surface area contributed by atoms with Crippen molar-refractivity contribution in [3.63, 3.8) is 0 Å². The lowest BCUT2D eigenvalue weighted by atomic mass is 9.87. The largest absolute Gasteiger partial charge is 0.352 e. The van der Waals surface area contributed by atoms with E-state index in [1.54, 1.807) is 9.80 Å². The molecule has 3 amide bonds. The van der Waals surface area contributed by atoms with Crippen LogP contribution >= 0.6 is 0 Å². The molecule has 0 spiro atoms. The number of rotatable bonds is 9. The number of hydrogen-bond donors (Lipinski definition) is 2. The molecule has 0 radical (unpaired) electrons. The van der Waals surface area contributed by atoms with Gasteiger partial charge in [0.15, 0.2) is 5.78 Å². The van der Waals surface area contributed by atoms with Crippen LogP contribution in [0.25, 0.3) is 0 Å². The van der Waals surface area contributed by atoms with Crippen LogP contribution in [0.5, 0.6) is 0 Å². The zero-order valence-corrected chi connectivity index (χ0v) is 23.3. The Balaban J connectivity index is 1.47. The van der Waals surface area contributed by atoms with Crippen molar-refractivity contribution in [2.24, 2.45) is 17.6 Å². The third-order valence-corrected chi connectivity index (χ3v) is 7.53. The van der Waals surface area contributed by atoms with Crippen molar-refractivity contribution in [1.82, 2.24) is 15.1 Å². The molecule has 4 unspecified atom stereocenters. The molecule has 1 aromatic rings. The van der Waals surface area contributed by atoms with Crippen molar-refractivity contribution in [1.29, 1.82) is 0 Å². The zero-order valence-electron chi connectivity index (χ0n) is 23.3. The van der Waals surface area contributed by atoms with Gasteiger partial charge in [-0.15, -0.1) is 0 Å². The molecule has 2 saturated heterocycles. The average Bonchev–Trinajstić information content (AvgIpc) is 3.39. The Morgan fingerprint density at radius 1 is 1.08 bits per heavy atom. The standard InChI is InChI=1S/C29H44N4O4/c1-18(2)15-22(30)28(37)33-17-24(34)26-23(33)12-14-32(26)25(35)16-19(3)11-13-31-27(36)20-7-9-21(10-8-20)29(4,5)6/h7-10,18-19,22-23,26H,11-17,30H2,1-6H3,(H,31,36). The predicted octanol–water partition coefficient (Wildman–Crippen LogP) is 2.88. The molecule has 37 heavy (non-hydrogen) atoms. The fourth-order valence-electron chi connectivity index (χ4n) is 5.39. The monoisotopic (exact) mass is 512 g/mol. The van der Waals surface area contributed by atoms with Gasteiger partial charge in [0.2, 0.25) is 11.8 Å². The van der Waals surface area contributed by atoms with E-state index in [0.717, 1.165) is 0 Å². The number of hydrogen-bond acceptors (Lipinski definition) is 5. The van der Waals surface area contributed by atoms with Crippen molar-refractivity contribution in [3.05, 3.63) is 35.4 Å². The Morgan fingerprint density at radius 3 is 2.32 bits per heavy atom. The van der Waals surface area contributed by atoms with Gasteiger partial charge in [-0.3, -0.25) is 19.2 Å². The highest BCUT2D eigenvalue weighted by molar-refractivity contribution is 5.98. The van der Waals surface area contributed by atoms with Crippen LogP contribution in [0.15, 0.2) is 24.3 Å². The van der Waals surface area contributed by atoms with Gasteiger partial charge in [0, 0.05) is 25.1 Å². The highest BCUT2D eigenvalue weighted by atomic mass is 16.2. The number of nitrogens with one attached hydrogen (secondary N) is 1. The Morgan fingerprint density at radius 2 is 1.73 bits per heavy atom. The normalized spacial score (nSPS) is 21.2. The number of carbonyl (C=O) groups excluding carboxylic acids is 4. The highest BCUT2D eigenvalue weighted by Gasteiger charge is 2.51. The number of nitrogens with zero attached hydrogens (tertiary/aromatic N) is 2. The van der Waals surface area contributed by atoms with Crippen LogP contribution in [0.2, 0.25) is 0 Å². The van der Waals surface area contributed by atoms with Crippen molar-refractivity contribution in [2.75, 3.05) is 19.6 Å². The van der Waals surface area contributed by atoms with Gasteiger partial charge in [-0.05, 0) is 54.2 Å². The van der Waals surface area contributed by atoms with Crippen LogP contribution in [0, 0.1) is 11.8 Å². The topological polar surface area (TPSA) is 113 Å². The number of nitrogens with two attached hydrogens (primary N) is 1. The second-order valence-corrected chi connectivity index (χ2v) is 12.2. The average molecular weight is 513 g/mol. The molecule has 2 heterocycles. The summed E-state index contributed by atoms with van der Waals surface area (Å²) in [6.45, 7) is 13.4. The second-order valence-electron chi connectivity index (χ2n) is 12.2. The van der Waals surface area contributed by atoms with Crippen molar-refractivity contribution in [2.45, 2.75) is 90.8 Å². The van der Waals surface area contributed by atoms with Crippen LogP contribution in [0.1, 0.15) is 83.1 Å². The summed E-state index contributed by atoms with van der Waals surface area (Å²) in [5.74, 6) is -0.144. The molecule has 3 rings (SSSR count). The third-order valence-electron chi connectivity index (χ3n) is 7.53. The van der Waals surface area contributed by atoms with Gasteiger partial charge >= 0.3 is 0 Å². The maximum absolute atomic E-state index is 13.1. The number of ketones is 1. The molecule has 2 aliphatic heterocycles.